The number of benzene rings is 3. The minimum absolute atomic E-state index is 0.109. The number of aromatic hydroxyl groups is 1. The third-order valence-corrected chi connectivity index (χ3v) is 8.26. The molecular formula is C34H42FN3O3. The summed E-state index contributed by atoms with van der Waals surface area (Å²) < 4.78 is 15.4. The highest BCUT2D eigenvalue weighted by Crippen LogP contribution is 2.28. The number of piperazine rings is 1. The number of carboxylic acid groups (broad SMARTS) is 1. The molecule has 3 aromatic carbocycles. The first-order valence-electron chi connectivity index (χ1n) is 14.5. The average molecular weight is 560 g/mol. The Bertz CT molecular complexity index is 1310. The molecule has 7 heteroatoms. The zero-order chi connectivity index (χ0) is 29.4. The summed E-state index contributed by atoms with van der Waals surface area (Å²) in [6, 6.07) is 21.1. The monoisotopic (exact) mass is 559 g/mol. The lowest BCUT2D eigenvalue weighted by molar-refractivity contribution is 0.0693. The van der Waals surface area contributed by atoms with Crippen molar-refractivity contribution < 1.29 is 19.4 Å². The van der Waals surface area contributed by atoms with Gasteiger partial charge in [0.2, 0.25) is 0 Å². The minimum atomic E-state index is -1.15. The zero-order valence-corrected chi connectivity index (χ0v) is 24.2. The van der Waals surface area contributed by atoms with Crippen LogP contribution in [0.4, 0.5) is 15.8 Å². The average Bonchev–Trinajstić information content (AvgIpc) is 2.98. The van der Waals surface area contributed by atoms with Gasteiger partial charge in [0.25, 0.3) is 0 Å². The molecule has 3 aromatic rings. The first-order valence-corrected chi connectivity index (χ1v) is 14.5. The highest BCUT2D eigenvalue weighted by molar-refractivity contribution is 5.91. The fourth-order valence-electron chi connectivity index (χ4n) is 5.53. The minimum Gasteiger partial charge on any atom is -0.507 e. The van der Waals surface area contributed by atoms with Crippen molar-refractivity contribution >= 4 is 17.3 Å². The second kappa shape index (κ2) is 14.2. The normalized spacial score (nSPS) is 15.1. The third-order valence-electron chi connectivity index (χ3n) is 8.26. The fraction of sp³-hybridized carbons (Fsp3) is 0.382. The Balaban J connectivity index is 1.35. The van der Waals surface area contributed by atoms with E-state index in [1.165, 1.54) is 17.7 Å². The Labute approximate surface area is 243 Å². The second-order valence-corrected chi connectivity index (χ2v) is 11.0. The molecule has 2 unspecified atom stereocenters. The van der Waals surface area contributed by atoms with E-state index in [0.29, 0.717) is 50.2 Å². The molecule has 1 aliphatic heterocycles. The lowest BCUT2D eigenvalue weighted by Gasteiger charge is -2.37. The number of phenols is 1. The van der Waals surface area contributed by atoms with E-state index in [1.807, 2.05) is 24.3 Å². The van der Waals surface area contributed by atoms with E-state index in [9.17, 15) is 9.90 Å². The summed E-state index contributed by atoms with van der Waals surface area (Å²) >= 11 is 0. The van der Waals surface area contributed by atoms with E-state index in [4.69, 9.17) is 5.11 Å². The molecule has 6 nitrogen and oxygen atoms in total. The maximum atomic E-state index is 15.4. The third kappa shape index (κ3) is 7.88. The predicted molar refractivity (Wildman–Crippen MR) is 165 cm³/mol. The van der Waals surface area contributed by atoms with Crippen molar-refractivity contribution in [1.82, 2.24) is 4.90 Å². The molecule has 0 spiro atoms. The van der Waals surface area contributed by atoms with Crippen molar-refractivity contribution in [2.24, 2.45) is 0 Å². The van der Waals surface area contributed by atoms with E-state index >= 15 is 4.39 Å². The number of nitrogens with zero attached hydrogens (tertiary/aromatic N) is 3. The molecule has 41 heavy (non-hydrogen) atoms. The van der Waals surface area contributed by atoms with Gasteiger partial charge >= 0.3 is 5.97 Å². The lowest BCUT2D eigenvalue weighted by atomic mass is 9.94. The maximum Gasteiger partial charge on any atom is 0.339 e. The number of carbonyl (C=O) groups is 1. The molecule has 1 fully saturated rings. The van der Waals surface area contributed by atoms with Gasteiger partial charge in [0.15, 0.2) is 0 Å². The zero-order valence-electron chi connectivity index (χ0n) is 24.2. The molecule has 0 aliphatic carbocycles. The van der Waals surface area contributed by atoms with Crippen LogP contribution in [0.1, 0.15) is 60.5 Å². The summed E-state index contributed by atoms with van der Waals surface area (Å²) in [6.45, 7) is 12.6. The van der Waals surface area contributed by atoms with Crippen LogP contribution in [0.25, 0.3) is 0 Å². The molecule has 0 bridgehead atoms. The van der Waals surface area contributed by atoms with Gasteiger partial charge in [-0.3, -0.25) is 4.90 Å². The van der Waals surface area contributed by atoms with Crippen molar-refractivity contribution in [3.05, 3.63) is 102 Å². The van der Waals surface area contributed by atoms with Gasteiger partial charge in [0.05, 0.1) is 0 Å². The smallest absolute Gasteiger partial charge is 0.339 e. The van der Waals surface area contributed by atoms with Gasteiger partial charge in [-0.1, -0.05) is 49.4 Å². The van der Waals surface area contributed by atoms with Crippen LogP contribution in [-0.2, 0) is 6.54 Å². The Morgan fingerprint density at radius 2 is 1.61 bits per heavy atom. The molecule has 0 amide bonds. The standard InChI is InChI=1S/C34H42FN3O3/c1-4-5-17-38(26(3)12-11-25(2)27-9-7-6-8-10-27)24-28-13-14-29(22-32(28)35)36-18-20-37(21-19-36)30-15-16-31(34(40)41)33(39)23-30/h4,6-10,13-16,22-23,25-26,39H,1,5,11-12,17-21,24H2,2-3H3,(H,40,41). The summed E-state index contributed by atoms with van der Waals surface area (Å²) in [7, 11) is 0. The van der Waals surface area contributed by atoms with E-state index < -0.39 is 5.97 Å². The first kappa shape index (κ1) is 30.1. The Morgan fingerprint density at radius 3 is 2.20 bits per heavy atom. The highest BCUT2D eigenvalue weighted by atomic mass is 19.1. The van der Waals surface area contributed by atoms with Crippen molar-refractivity contribution in [3.63, 3.8) is 0 Å². The van der Waals surface area contributed by atoms with Crippen LogP contribution >= 0.6 is 0 Å². The van der Waals surface area contributed by atoms with Crippen LogP contribution in [0.3, 0.4) is 0 Å². The van der Waals surface area contributed by atoms with Crippen molar-refractivity contribution in [2.75, 3.05) is 42.5 Å². The molecule has 0 aromatic heterocycles. The van der Waals surface area contributed by atoms with E-state index in [-0.39, 0.29) is 17.1 Å². The number of rotatable bonds is 13. The Morgan fingerprint density at radius 1 is 0.976 bits per heavy atom. The Hall–Kier alpha value is -3.84. The summed E-state index contributed by atoms with van der Waals surface area (Å²) in [4.78, 5) is 17.8. The van der Waals surface area contributed by atoms with Gasteiger partial charge < -0.3 is 20.0 Å². The summed E-state index contributed by atoms with van der Waals surface area (Å²) in [6.07, 6.45) is 4.90. The van der Waals surface area contributed by atoms with Gasteiger partial charge in [-0.2, -0.15) is 0 Å². The largest absolute Gasteiger partial charge is 0.507 e. The van der Waals surface area contributed by atoms with E-state index in [2.05, 4.69) is 59.4 Å². The lowest BCUT2D eigenvalue weighted by Crippen LogP contribution is -2.46. The van der Waals surface area contributed by atoms with Crippen molar-refractivity contribution in [1.29, 1.82) is 0 Å². The molecular weight excluding hydrogens is 517 g/mol. The van der Waals surface area contributed by atoms with Gasteiger partial charge in [0, 0.05) is 68.3 Å². The highest BCUT2D eigenvalue weighted by Gasteiger charge is 2.22. The summed E-state index contributed by atoms with van der Waals surface area (Å²) in [5.41, 5.74) is 3.59. The quantitative estimate of drug-likeness (QED) is 0.222. The van der Waals surface area contributed by atoms with Crippen LogP contribution in [0.15, 0.2) is 79.4 Å². The SMILES string of the molecule is C=CCCN(Cc1ccc(N2CCN(c3ccc(C(=O)O)c(O)c3)CC2)cc1F)C(C)CCC(C)c1ccccc1. The summed E-state index contributed by atoms with van der Waals surface area (Å²) in [5, 5.41) is 19.2. The number of anilines is 2. The molecule has 2 atom stereocenters. The van der Waals surface area contributed by atoms with Crippen LogP contribution in [0, 0.1) is 5.82 Å². The van der Waals surface area contributed by atoms with Crippen LogP contribution < -0.4 is 9.80 Å². The number of hydrogen-bond acceptors (Lipinski definition) is 5. The van der Waals surface area contributed by atoms with Gasteiger partial charge in [-0.25, -0.2) is 9.18 Å². The van der Waals surface area contributed by atoms with Gasteiger partial charge in [0.1, 0.15) is 17.1 Å². The second-order valence-electron chi connectivity index (χ2n) is 11.0. The topological polar surface area (TPSA) is 67.2 Å². The van der Waals surface area contributed by atoms with E-state index in [1.54, 1.807) is 12.1 Å². The van der Waals surface area contributed by atoms with Crippen LogP contribution in [-0.4, -0.2) is 59.8 Å². The van der Waals surface area contributed by atoms with Gasteiger partial charge in [-0.05, 0) is 61.9 Å². The molecule has 4 rings (SSSR count). The molecule has 1 saturated heterocycles. The molecule has 1 aliphatic rings. The molecule has 0 saturated carbocycles. The molecule has 1 heterocycles. The van der Waals surface area contributed by atoms with E-state index in [0.717, 1.165) is 37.2 Å². The number of carboxylic acids is 1. The van der Waals surface area contributed by atoms with Crippen LogP contribution in [0.2, 0.25) is 0 Å². The number of halogens is 1. The maximum absolute atomic E-state index is 15.4. The van der Waals surface area contributed by atoms with Crippen LogP contribution in [0.5, 0.6) is 5.75 Å². The molecule has 0 radical (unpaired) electrons. The number of aromatic carboxylic acids is 1. The first-order chi connectivity index (χ1) is 19.8. The molecule has 2 N–H and O–H groups in total. The summed E-state index contributed by atoms with van der Waals surface area (Å²) in [5.74, 6) is -1.10. The van der Waals surface area contributed by atoms with Crippen molar-refractivity contribution in [2.45, 2.75) is 51.6 Å². The van der Waals surface area contributed by atoms with Gasteiger partial charge in [-0.15, -0.1) is 6.58 Å². The van der Waals surface area contributed by atoms with Crippen molar-refractivity contribution in [3.8, 4) is 5.75 Å². The predicted octanol–water partition coefficient (Wildman–Crippen LogP) is 6.91. The Kier molecular flexibility index (Phi) is 10.4. The fourth-order valence-corrected chi connectivity index (χ4v) is 5.53. The molecule has 218 valence electrons. The number of hydrogen-bond donors (Lipinski definition) is 2.